The summed E-state index contributed by atoms with van der Waals surface area (Å²) in [6.07, 6.45) is -1.50. The van der Waals surface area contributed by atoms with E-state index in [4.69, 9.17) is 4.74 Å². The molecule has 2 rings (SSSR count). The lowest BCUT2D eigenvalue weighted by Gasteiger charge is -2.23. The van der Waals surface area contributed by atoms with Gasteiger partial charge >= 0.3 is 0 Å². The molecule has 0 aromatic heterocycles. The highest BCUT2D eigenvalue weighted by Gasteiger charge is 2.17. The summed E-state index contributed by atoms with van der Waals surface area (Å²) in [5.74, 6) is 0.182. The number of hydrogen-bond acceptors (Lipinski definition) is 7. The lowest BCUT2D eigenvalue weighted by atomic mass is 10.0. The van der Waals surface area contributed by atoms with E-state index in [0.29, 0.717) is 29.8 Å². The molecular weight excluding hydrogens is 408 g/mol. The molecular formula is C25H38N2O5. The van der Waals surface area contributed by atoms with E-state index >= 15 is 0 Å². The molecule has 0 radical (unpaired) electrons. The number of phenols is 2. The standard InChI is InChI=1S/C25H38N2O5/c1-24(2,3)26-13-21(30)16-7-9-19(28)18(11-16)15-32-23-12-17(8-10-20(23)29)22(31)14-27-25(4,5)6/h7-12,21-22,26-31H,13-15H2,1-6H3/t21-,22-/m0/s1. The Kier molecular flexibility index (Phi) is 8.54. The molecule has 2 aromatic rings. The van der Waals surface area contributed by atoms with Gasteiger partial charge in [0.2, 0.25) is 0 Å². The van der Waals surface area contributed by atoms with Crippen molar-refractivity contribution in [2.24, 2.45) is 0 Å². The van der Waals surface area contributed by atoms with Crippen molar-refractivity contribution in [1.82, 2.24) is 10.6 Å². The molecule has 2 atom stereocenters. The number of aliphatic hydroxyl groups is 2. The van der Waals surface area contributed by atoms with Crippen molar-refractivity contribution in [3.05, 3.63) is 53.1 Å². The van der Waals surface area contributed by atoms with Crippen LogP contribution in [0.15, 0.2) is 36.4 Å². The van der Waals surface area contributed by atoms with Crippen molar-refractivity contribution in [2.75, 3.05) is 13.1 Å². The number of hydrogen-bond donors (Lipinski definition) is 6. The van der Waals surface area contributed by atoms with Crippen LogP contribution in [0.4, 0.5) is 0 Å². The Labute approximate surface area is 191 Å². The minimum atomic E-state index is -0.764. The Balaban J connectivity index is 2.09. The predicted octanol–water partition coefficient (Wildman–Crippen LogP) is 3.52. The van der Waals surface area contributed by atoms with Crippen molar-refractivity contribution in [2.45, 2.75) is 71.4 Å². The van der Waals surface area contributed by atoms with E-state index in [1.165, 1.54) is 12.1 Å². The van der Waals surface area contributed by atoms with Crippen molar-refractivity contribution < 1.29 is 25.2 Å². The Morgan fingerprint density at radius 3 is 1.72 bits per heavy atom. The third kappa shape index (κ3) is 8.31. The second kappa shape index (κ2) is 10.5. The van der Waals surface area contributed by atoms with Crippen LogP contribution in [0, 0.1) is 0 Å². The summed E-state index contributed by atoms with van der Waals surface area (Å²) < 4.78 is 5.75. The Hall–Kier alpha value is -2.32. The molecule has 32 heavy (non-hydrogen) atoms. The van der Waals surface area contributed by atoms with Crippen LogP contribution >= 0.6 is 0 Å². The third-order valence-corrected chi connectivity index (χ3v) is 4.89. The van der Waals surface area contributed by atoms with Gasteiger partial charge in [-0.25, -0.2) is 0 Å². The molecule has 2 aromatic carbocycles. The summed E-state index contributed by atoms with van der Waals surface area (Å²) in [5, 5.41) is 47.8. The normalized spacial score (nSPS) is 14.2. The minimum absolute atomic E-state index is 0.00750. The first-order valence-corrected chi connectivity index (χ1v) is 10.9. The van der Waals surface area contributed by atoms with Gasteiger partial charge < -0.3 is 35.8 Å². The smallest absolute Gasteiger partial charge is 0.161 e. The average molecular weight is 447 g/mol. The van der Waals surface area contributed by atoms with E-state index in [0.717, 1.165) is 0 Å². The van der Waals surface area contributed by atoms with Gasteiger partial charge in [-0.2, -0.15) is 0 Å². The Bertz CT molecular complexity index is 813. The minimum Gasteiger partial charge on any atom is -0.508 e. The highest BCUT2D eigenvalue weighted by Crippen LogP contribution is 2.31. The first-order chi connectivity index (χ1) is 14.7. The predicted molar refractivity (Wildman–Crippen MR) is 126 cm³/mol. The first kappa shape index (κ1) is 25.9. The van der Waals surface area contributed by atoms with Crippen molar-refractivity contribution in [3.8, 4) is 17.2 Å². The van der Waals surface area contributed by atoms with Gasteiger partial charge in [-0.05, 0) is 76.9 Å². The number of aromatic hydroxyl groups is 2. The van der Waals surface area contributed by atoms with Crippen molar-refractivity contribution >= 4 is 0 Å². The molecule has 0 bridgehead atoms. The summed E-state index contributed by atoms with van der Waals surface area (Å²) >= 11 is 0. The van der Waals surface area contributed by atoms with Crippen molar-refractivity contribution in [1.29, 1.82) is 0 Å². The molecule has 0 fully saturated rings. The highest BCUT2D eigenvalue weighted by atomic mass is 16.5. The molecule has 0 aliphatic rings. The Morgan fingerprint density at radius 2 is 1.22 bits per heavy atom. The van der Waals surface area contributed by atoms with Gasteiger partial charge in [-0.1, -0.05) is 12.1 Å². The molecule has 178 valence electrons. The maximum Gasteiger partial charge on any atom is 0.161 e. The van der Waals surface area contributed by atoms with Crippen LogP contribution in [-0.2, 0) is 6.61 Å². The number of benzene rings is 2. The van der Waals surface area contributed by atoms with E-state index < -0.39 is 12.2 Å². The van der Waals surface area contributed by atoms with Crippen LogP contribution in [0.2, 0.25) is 0 Å². The average Bonchev–Trinajstić information content (AvgIpc) is 2.69. The number of β-amino-alcohol motifs (C(OH)–C–C–N with tert-alkyl or cyclic N) is 2. The van der Waals surface area contributed by atoms with Crippen LogP contribution in [0.3, 0.4) is 0 Å². The molecule has 6 N–H and O–H groups in total. The molecule has 0 aliphatic carbocycles. The molecule has 0 amide bonds. The number of phenolic OH excluding ortho intramolecular Hbond substituents is 2. The van der Waals surface area contributed by atoms with E-state index in [1.807, 2.05) is 41.5 Å². The molecule has 7 heteroatoms. The molecule has 0 heterocycles. The lowest BCUT2D eigenvalue weighted by Crippen LogP contribution is -2.38. The second-order valence-electron chi connectivity index (χ2n) is 10.2. The zero-order valence-electron chi connectivity index (χ0n) is 19.9. The number of nitrogens with one attached hydrogen (secondary N) is 2. The number of rotatable bonds is 9. The van der Waals surface area contributed by atoms with Gasteiger partial charge in [0, 0.05) is 29.7 Å². The maximum absolute atomic E-state index is 10.5. The third-order valence-electron chi connectivity index (χ3n) is 4.89. The molecule has 0 saturated heterocycles. The summed E-state index contributed by atoms with van der Waals surface area (Å²) in [5.41, 5.74) is 1.49. The first-order valence-electron chi connectivity index (χ1n) is 10.9. The Morgan fingerprint density at radius 1 is 0.750 bits per heavy atom. The molecule has 0 unspecified atom stereocenters. The maximum atomic E-state index is 10.5. The van der Waals surface area contributed by atoms with Gasteiger partial charge in [0.15, 0.2) is 11.5 Å². The van der Waals surface area contributed by atoms with Crippen LogP contribution in [0.1, 0.15) is 70.4 Å². The van der Waals surface area contributed by atoms with E-state index in [9.17, 15) is 20.4 Å². The van der Waals surface area contributed by atoms with Gasteiger partial charge in [-0.15, -0.1) is 0 Å². The largest absolute Gasteiger partial charge is 0.508 e. The second-order valence-corrected chi connectivity index (χ2v) is 10.2. The van der Waals surface area contributed by atoms with Crippen LogP contribution in [0.5, 0.6) is 17.2 Å². The van der Waals surface area contributed by atoms with Gasteiger partial charge in [0.1, 0.15) is 12.4 Å². The zero-order valence-corrected chi connectivity index (χ0v) is 19.9. The van der Waals surface area contributed by atoms with Gasteiger partial charge in [0.05, 0.1) is 12.2 Å². The monoisotopic (exact) mass is 446 g/mol. The van der Waals surface area contributed by atoms with E-state index in [1.54, 1.807) is 24.3 Å². The van der Waals surface area contributed by atoms with E-state index in [2.05, 4.69) is 10.6 Å². The fourth-order valence-electron chi connectivity index (χ4n) is 2.98. The highest BCUT2D eigenvalue weighted by molar-refractivity contribution is 5.43. The number of ether oxygens (including phenoxy) is 1. The van der Waals surface area contributed by atoms with E-state index in [-0.39, 0.29) is 34.9 Å². The van der Waals surface area contributed by atoms with Gasteiger partial charge in [-0.3, -0.25) is 0 Å². The van der Waals surface area contributed by atoms with Crippen LogP contribution in [0.25, 0.3) is 0 Å². The lowest BCUT2D eigenvalue weighted by molar-refractivity contribution is 0.162. The molecule has 0 aliphatic heterocycles. The van der Waals surface area contributed by atoms with Crippen LogP contribution < -0.4 is 15.4 Å². The number of aliphatic hydroxyl groups excluding tert-OH is 2. The topological polar surface area (TPSA) is 114 Å². The van der Waals surface area contributed by atoms with Crippen molar-refractivity contribution in [3.63, 3.8) is 0 Å². The molecule has 7 nitrogen and oxygen atoms in total. The summed E-state index contributed by atoms with van der Waals surface area (Å²) in [6, 6.07) is 9.59. The summed E-state index contributed by atoms with van der Waals surface area (Å²) in [6.45, 7) is 12.8. The molecule has 0 saturated carbocycles. The summed E-state index contributed by atoms with van der Waals surface area (Å²) in [4.78, 5) is 0. The fourth-order valence-corrected chi connectivity index (χ4v) is 2.98. The molecule has 0 spiro atoms. The zero-order chi connectivity index (χ0) is 24.1. The van der Waals surface area contributed by atoms with Crippen LogP contribution in [-0.4, -0.2) is 44.6 Å². The fraction of sp³-hybridized carbons (Fsp3) is 0.520. The SMILES string of the molecule is CC(C)(C)NC[C@H](O)c1ccc(O)c(COc2cc([C@@H](O)CNC(C)(C)C)ccc2O)c1. The van der Waals surface area contributed by atoms with Gasteiger partial charge in [0.25, 0.3) is 0 Å². The quantitative estimate of drug-likeness (QED) is 0.349. The summed E-state index contributed by atoms with van der Waals surface area (Å²) in [7, 11) is 0.